The van der Waals surface area contributed by atoms with Crippen molar-refractivity contribution in [3.63, 3.8) is 0 Å². The van der Waals surface area contributed by atoms with Crippen LogP contribution in [0.25, 0.3) is 0 Å². The zero-order chi connectivity index (χ0) is 12.6. The quantitative estimate of drug-likeness (QED) is 0.592. The van der Waals surface area contributed by atoms with Crippen molar-refractivity contribution in [3.05, 3.63) is 12.2 Å². The van der Waals surface area contributed by atoms with E-state index in [4.69, 9.17) is 4.74 Å². The van der Waals surface area contributed by atoms with E-state index in [1.165, 1.54) is 5.57 Å². The highest BCUT2D eigenvalue weighted by atomic mass is 16.6. The molecule has 1 saturated heterocycles. The highest BCUT2D eigenvalue weighted by Gasteiger charge is 2.36. The molecule has 1 fully saturated rings. The van der Waals surface area contributed by atoms with Crippen molar-refractivity contribution >= 4 is 6.09 Å². The third kappa shape index (κ3) is 3.26. The number of rotatable bonds is 0. The Morgan fingerprint density at radius 1 is 1.44 bits per heavy atom. The molecule has 16 heavy (non-hydrogen) atoms. The van der Waals surface area contributed by atoms with Crippen LogP contribution in [0.2, 0.25) is 0 Å². The first-order valence-corrected chi connectivity index (χ1v) is 5.79. The molecule has 0 unspecified atom stereocenters. The molecule has 0 atom stereocenters. The molecule has 3 nitrogen and oxygen atoms in total. The van der Waals surface area contributed by atoms with Gasteiger partial charge in [-0.1, -0.05) is 12.2 Å². The molecule has 0 bridgehead atoms. The number of hydrogen-bond acceptors (Lipinski definition) is 2. The van der Waals surface area contributed by atoms with Crippen LogP contribution in [0.4, 0.5) is 4.79 Å². The molecule has 0 aromatic heterocycles. The second-order valence-corrected chi connectivity index (χ2v) is 6.12. The van der Waals surface area contributed by atoms with E-state index in [1.807, 2.05) is 25.7 Å². The minimum absolute atomic E-state index is 0.183. The number of carbonyl (C=O) groups excluding carboxylic acids is 1. The molecule has 0 aliphatic carbocycles. The van der Waals surface area contributed by atoms with Crippen LogP contribution >= 0.6 is 0 Å². The minimum Gasteiger partial charge on any atom is -0.444 e. The predicted octanol–water partition coefficient (Wildman–Crippen LogP) is 3.35. The van der Waals surface area contributed by atoms with Crippen LogP contribution < -0.4 is 0 Å². The molecule has 1 amide bonds. The van der Waals surface area contributed by atoms with E-state index in [-0.39, 0.29) is 11.6 Å². The lowest BCUT2D eigenvalue weighted by atomic mass is 9.88. The van der Waals surface area contributed by atoms with Gasteiger partial charge in [0.25, 0.3) is 0 Å². The molecule has 0 saturated carbocycles. The molecule has 0 spiro atoms. The van der Waals surface area contributed by atoms with Crippen LogP contribution in [0.15, 0.2) is 12.2 Å². The van der Waals surface area contributed by atoms with Crippen LogP contribution in [0, 0.1) is 0 Å². The Bertz CT molecular complexity index is 300. The van der Waals surface area contributed by atoms with Gasteiger partial charge >= 0.3 is 6.09 Å². The van der Waals surface area contributed by atoms with Gasteiger partial charge in [0.1, 0.15) is 5.60 Å². The highest BCUT2D eigenvalue weighted by molar-refractivity contribution is 5.69. The molecule has 1 aliphatic rings. The standard InChI is InChI=1S/C13H23NO2/c1-10-7-8-14(13(5,6)9-10)11(15)16-12(2,3)4/h1,7-9H2,2-6H3. The number of ether oxygens (including phenoxy) is 1. The maximum Gasteiger partial charge on any atom is 0.410 e. The van der Waals surface area contributed by atoms with E-state index >= 15 is 0 Å². The lowest BCUT2D eigenvalue weighted by Crippen LogP contribution is -2.52. The van der Waals surface area contributed by atoms with Gasteiger partial charge in [-0.05, 0) is 47.5 Å². The summed E-state index contributed by atoms with van der Waals surface area (Å²) in [5, 5.41) is 0. The van der Waals surface area contributed by atoms with Gasteiger partial charge in [-0.15, -0.1) is 0 Å². The maximum absolute atomic E-state index is 12.0. The van der Waals surface area contributed by atoms with E-state index < -0.39 is 5.60 Å². The first kappa shape index (κ1) is 13.1. The summed E-state index contributed by atoms with van der Waals surface area (Å²) in [6.45, 7) is 14.5. The SMILES string of the molecule is C=C1CCN(C(=O)OC(C)(C)C)C(C)(C)C1. The molecule has 3 heteroatoms. The van der Waals surface area contributed by atoms with Crippen molar-refractivity contribution in [2.75, 3.05) is 6.54 Å². The molecular formula is C13H23NO2. The lowest BCUT2D eigenvalue weighted by Gasteiger charge is -2.43. The smallest absolute Gasteiger partial charge is 0.410 e. The summed E-state index contributed by atoms with van der Waals surface area (Å²) in [6, 6.07) is 0. The molecule has 1 heterocycles. The van der Waals surface area contributed by atoms with Gasteiger partial charge in [-0.25, -0.2) is 4.79 Å². The normalized spacial score (nSPS) is 20.8. The summed E-state index contributed by atoms with van der Waals surface area (Å²) in [5.41, 5.74) is 0.601. The maximum atomic E-state index is 12.0. The summed E-state index contributed by atoms with van der Waals surface area (Å²) in [7, 11) is 0. The van der Waals surface area contributed by atoms with Gasteiger partial charge in [-0.3, -0.25) is 0 Å². The zero-order valence-electron chi connectivity index (χ0n) is 11.1. The van der Waals surface area contributed by atoms with Crippen LogP contribution in [-0.2, 0) is 4.74 Å². The number of piperidine rings is 1. The third-order valence-corrected chi connectivity index (χ3v) is 2.72. The average Bonchev–Trinajstić information content (AvgIpc) is 1.97. The van der Waals surface area contributed by atoms with Crippen LogP contribution in [-0.4, -0.2) is 28.7 Å². The van der Waals surface area contributed by atoms with E-state index in [9.17, 15) is 4.79 Å². The van der Waals surface area contributed by atoms with Gasteiger partial charge in [0.05, 0.1) is 0 Å². The number of likely N-dealkylation sites (tertiary alicyclic amines) is 1. The van der Waals surface area contributed by atoms with Crippen molar-refractivity contribution in [1.29, 1.82) is 0 Å². The fourth-order valence-corrected chi connectivity index (χ4v) is 2.02. The van der Waals surface area contributed by atoms with Crippen LogP contribution in [0.5, 0.6) is 0 Å². The predicted molar refractivity (Wildman–Crippen MR) is 65.4 cm³/mol. The molecule has 92 valence electrons. The van der Waals surface area contributed by atoms with Crippen molar-refractivity contribution < 1.29 is 9.53 Å². The van der Waals surface area contributed by atoms with Gasteiger partial charge < -0.3 is 9.64 Å². The fraction of sp³-hybridized carbons (Fsp3) is 0.769. The van der Waals surface area contributed by atoms with Crippen LogP contribution in [0.1, 0.15) is 47.5 Å². The molecule has 0 radical (unpaired) electrons. The Morgan fingerprint density at radius 2 is 2.00 bits per heavy atom. The van der Waals surface area contributed by atoms with E-state index in [1.54, 1.807) is 0 Å². The largest absolute Gasteiger partial charge is 0.444 e. The monoisotopic (exact) mass is 225 g/mol. The minimum atomic E-state index is -0.429. The zero-order valence-corrected chi connectivity index (χ0v) is 11.1. The molecular weight excluding hydrogens is 202 g/mol. The first-order valence-electron chi connectivity index (χ1n) is 5.79. The third-order valence-electron chi connectivity index (χ3n) is 2.72. The number of carbonyl (C=O) groups is 1. The van der Waals surface area contributed by atoms with Crippen molar-refractivity contribution in [2.45, 2.75) is 58.6 Å². The van der Waals surface area contributed by atoms with Gasteiger partial charge in [0.2, 0.25) is 0 Å². The van der Waals surface area contributed by atoms with E-state index in [0.717, 1.165) is 12.8 Å². The van der Waals surface area contributed by atoms with Crippen LogP contribution in [0.3, 0.4) is 0 Å². The van der Waals surface area contributed by atoms with Crippen molar-refractivity contribution in [1.82, 2.24) is 4.90 Å². The molecule has 1 aliphatic heterocycles. The summed E-state index contributed by atoms with van der Waals surface area (Å²) in [5.74, 6) is 0. The Morgan fingerprint density at radius 3 is 2.44 bits per heavy atom. The highest BCUT2D eigenvalue weighted by Crippen LogP contribution is 2.31. The Labute approximate surface area is 98.5 Å². The lowest BCUT2D eigenvalue weighted by molar-refractivity contribution is -0.000913. The summed E-state index contributed by atoms with van der Waals surface area (Å²) < 4.78 is 5.41. The molecule has 0 aromatic rings. The molecule has 0 aromatic carbocycles. The topological polar surface area (TPSA) is 29.5 Å². The Balaban J connectivity index is 2.73. The summed E-state index contributed by atoms with van der Waals surface area (Å²) >= 11 is 0. The van der Waals surface area contributed by atoms with E-state index in [0.29, 0.717) is 6.54 Å². The summed E-state index contributed by atoms with van der Waals surface area (Å²) in [6.07, 6.45) is 1.51. The number of nitrogens with zero attached hydrogens (tertiary/aromatic N) is 1. The summed E-state index contributed by atoms with van der Waals surface area (Å²) in [4.78, 5) is 13.8. The average molecular weight is 225 g/mol. The molecule has 1 rings (SSSR count). The molecule has 0 N–H and O–H groups in total. The van der Waals surface area contributed by atoms with Gasteiger partial charge in [0, 0.05) is 12.1 Å². The number of hydrogen-bond donors (Lipinski definition) is 0. The van der Waals surface area contributed by atoms with E-state index in [2.05, 4.69) is 20.4 Å². The second kappa shape index (κ2) is 4.11. The first-order chi connectivity index (χ1) is 7.12. The van der Waals surface area contributed by atoms with Crippen molar-refractivity contribution in [2.24, 2.45) is 0 Å². The fourth-order valence-electron chi connectivity index (χ4n) is 2.02. The van der Waals surface area contributed by atoms with Crippen molar-refractivity contribution in [3.8, 4) is 0 Å². The Hall–Kier alpha value is -0.990. The Kier molecular flexibility index (Phi) is 3.36. The van der Waals surface area contributed by atoms with Gasteiger partial charge in [0.15, 0.2) is 0 Å². The second-order valence-electron chi connectivity index (χ2n) is 6.12. The van der Waals surface area contributed by atoms with Gasteiger partial charge in [-0.2, -0.15) is 0 Å². The number of amides is 1.